The Morgan fingerprint density at radius 2 is 1.90 bits per heavy atom. The van der Waals surface area contributed by atoms with Gasteiger partial charge in [0.05, 0.1) is 22.6 Å². The highest BCUT2D eigenvalue weighted by atomic mass is 16.5. The fourth-order valence-corrected chi connectivity index (χ4v) is 3.55. The number of ether oxygens (including phenoxy) is 1. The number of rotatable bonds is 4. The third-order valence-electron chi connectivity index (χ3n) is 4.98. The second-order valence-electron chi connectivity index (χ2n) is 7.25. The fraction of sp³-hybridized carbons (Fsp3) is 0.167. The molecule has 31 heavy (non-hydrogen) atoms. The molecule has 0 radical (unpaired) electrons. The summed E-state index contributed by atoms with van der Waals surface area (Å²) in [5.41, 5.74) is 2.57. The summed E-state index contributed by atoms with van der Waals surface area (Å²) in [5.74, 6) is -1.21. The van der Waals surface area contributed by atoms with Crippen molar-refractivity contribution in [3.05, 3.63) is 72.4 Å². The molecule has 2 amide bonds. The van der Waals surface area contributed by atoms with Crippen molar-refractivity contribution in [2.45, 2.75) is 19.4 Å². The molecule has 0 spiro atoms. The Morgan fingerprint density at radius 3 is 2.77 bits per heavy atom. The molecule has 1 aliphatic heterocycles. The summed E-state index contributed by atoms with van der Waals surface area (Å²) < 4.78 is 5.15. The Morgan fingerprint density at radius 1 is 1.13 bits per heavy atom. The predicted octanol–water partition coefficient (Wildman–Crippen LogP) is 3.56. The first kappa shape index (κ1) is 20.3. The third kappa shape index (κ3) is 4.61. The molecule has 7 heteroatoms. The molecule has 1 N–H and O–H groups in total. The molecule has 0 saturated heterocycles. The van der Waals surface area contributed by atoms with E-state index in [2.05, 4.69) is 10.3 Å². The third-order valence-corrected chi connectivity index (χ3v) is 4.98. The van der Waals surface area contributed by atoms with Crippen LogP contribution < -0.4 is 10.2 Å². The molecule has 1 aliphatic rings. The molecule has 0 fully saturated rings. The highest BCUT2D eigenvalue weighted by molar-refractivity contribution is 6.05. The van der Waals surface area contributed by atoms with Crippen LogP contribution in [0.2, 0.25) is 0 Å². The molecule has 3 aromatic rings. The summed E-state index contributed by atoms with van der Waals surface area (Å²) in [6, 6.07) is 18.1. The first-order valence-corrected chi connectivity index (χ1v) is 9.93. The van der Waals surface area contributed by atoms with Gasteiger partial charge >= 0.3 is 5.97 Å². The van der Waals surface area contributed by atoms with Gasteiger partial charge in [0.15, 0.2) is 6.61 Å². The van der Waals surface area contributed by atoms with Gasteiger partial charge in [0.2, 0.25) is 5.91 Å². The van der Waals surface area contributed by atoms with E-state index in [0.717, 1.165) is 10.9 Å². The van der Waals surface area contributed by atoms with Crippen molar-refractivity contribution < 1.29 is 19.1 Å². The van der Waals surface area contributed by atoms with Gasteiger partial charge in [-0.1, -0.05) is 36.4 Å². The number of hydrogen-bond donors (Lipinski definition) is 1. The van der Waals surface area contributed by atoms with Crippen molar-refractivity contribution in [1.82, 2.24) is 4.98 Å². The Kier molecular flexibility index (Phi) is 5.75. The van der Waals surface area contributed by atoms with Crippen molar-refractivity contribution in [2.24, 2.45) is 0 Å². The van der Waals surface area contributed by atoms with Gasteiger partial charge in [-0.25, -0.2) is 9.78 Å². The predicted molar refractivity (Wildman–Crippen MR) is 118 cm³/mol. The molecule has 1 atom stereocenters. The Hall–Kier alpha value is -4.00. The lowest BCUT2D eigenvalue weighted by atomic mass is 10.1. The number of fused-ring (bicyclic) bond motifs is 2. The van der Waals surface area contributed by atoms with Crippen molar-refractivity contribution >= 4 is 46.1 Å². The second-order valence-corrected chi connectivity index (χ2v) is 7.25. The average molecular weight is 415 g/mol. The first-order valence-electron chi connectivity index (χ1n) is 9.93. The maximum atomic E-state index is 12.8. The van der Waals surface area contributed by atoms with Gasteiger partial charge in [0.25, 0.3) is 5.91 Å². The van der Waals surface area contributed by atoms with Crippen LogP contribution in [0, 0.1) is 0 Å². The largest absolute Gasteiger partial charge is 0.452 e. The normalized spacial score (nSPS) is 16.0. The second kappa shape index (κ2) is 8.79. The maximum Gasteiger partial charge on any atom is 0.331 e. The monoisotopic (exact) mass is 415 g/mol. The maximum absolute atomic E-state index is 12.8. The zero-order valence-electron chi connectivity index (χ0n) is 16.9. The van der Waals surface area contributed by atoms with Crippen molar-refractivity contribution in [3.8, 4) is 0 Å². The van der Waals surface area contributed by atoms with E-state index in [1.54, 1.807) is 43.3 Å². The number of carbonyl (C=O) groups is 3. The van der Waals surface area contributed by atoms with Gasteiger partial charge in [-0.15, -0.1) is 0 Å². The van der Waals surface area contributed by atoms with Crippen LogP contribution in [-0.4, -0.2) is 35.4 Å². The van der Waals surface area contributed by atoms with Crippen LogP contribution in [-0.2, 0) is 19.1 Å². The van der Waals surface area contributed by atoms with E-state index >= 15 is 0 Å². The molecule has 156 valence electrons. The molecular formula is C24H21N3O4. The molecular weight excluding hydrogens is 394 g/mol. The lowest BCUT2D eigenvalue weighted by Gasteiger charge is -2.27. The number of anilines is 2. The van der Waals surface area contributed by atoms with E-state index in [9.17, 15) is 14.4 Å². The number of carbonyl (C=O) groups excluding carboxylic acids is 3. The number of pyridine rings is 1. The highest BCUT2D eigenvalue weighted by Gasteiger charge is 2.29. The SMILES string of the molecule is CC1CC(=O)Nc2ccccc2N1C(=O)COC(=O)/C=C/c1ccc2ccccc2n1. The fourth-order valence-electron chi connectivity index (χ4n) is 3.55. The van der Waals surface area contributed by atoms with Gasteiger partial charge in [-0.3, -0.25) is 9.59 Å². The van der Waals surface area contributed by atoms with Crippen LogP contribution in [0.4, 0.5) is 11.4 Å². The van der Waals surface area contributed by atoms with Gasteiger partial charge in [-0.05, 0) is 37.3 Å². The summed E-state index contributed by atoms with van der Waals surface area (Å²) in [4.78, 5) is 43.0. The molecule has 1 unspecified atom stereocenters. The molecule has 7 nitrogen and oxygen atoms in total. The molecule has 2 aromatic carbocycles. The lowest BCUT2D eigenvalue weighted by molar-refractivity contribution is -0.143. The van der Waals surface area contributed by atoms with E-state index < -0.39 is 18.5 Å². The summed E-state index contributed by atoms with van der Waals surface area (Å²) >= 11 is 0. The van der Waals surface area contributed by atoms with E-state index in [0.29, 0.717) is 17.1 Å². The van der Waals surface area contributed by atoms with E-state index in [1.807, 2.05) is 30.3 Å². The summed E-state index contributed by atoms with van der Waals surface area (Å²) in [5, 5.41) is 3.80. The number of benzene rings is 2. The molecule has 0 saturated carbocycles. The van der Waals surface area contributed by atoms with Crippen LogP contribution in [0.1, 0.15) is 19.0 Å². The standard InChI is InChI=1S/C24H21N3O4/c1-16-14-22(28)26-20-8-4-5-9-21(20)27(16)23(29)15-31-24(30)13-12-18-11-10-17-6-2-3-7-19(17)25-18/h2-13,16H,14-15H2,1H3,(H,26,28)/b13-12+. The van der Waals surface area contributed by atoms with Crippen LogP contribution in [0.3, 0.4) is 0 Å². The van der Waals surface area contributed by atoms with Crippen LogP contribution in [0.5, 0.6) is 0 Å². The number of hydrogen-bond acceptors (Lipinski definition) is 5. The Balaban J connectivity index is 1.42. The minimum Gasteiger partial charge on any atom is -0.452 e. The zero-order chi connectivity index (χ0) is 21.8. The summed E-state index contributed by atoms with van der Waals surface area (Å²) in [6.45, 7) is 1.36. The molecule has 1 aromatic heterocycles. The van der Waals surface area contributed by atoms with Crippen LogP contribution >= 0.6 is 0 Å². The number of para-hydroxylation sites is 3. The Bertz CT molecular complexity index is 1190. The van der Waals surface area contributed by atoms with Crippen molar-refractivity contribution in [1.29, 1.82) is 0 Å². The number of nitrogens with zero attached hydrogens (tertiary/aromatic N) is 2. The number of esters is 1. The van der Waals surface area contributed by atoms with Crippen molar-refractivity contribution in [2.75, 3.05) is 16.8 Å². The average Bonchev–Trinajstić information content (AvgIpc) is 2.90. The van der Waals surface area contributed by atoms with Gasteiger partial charge in [0, 0.05) is 23.9 Å². The first-order chi connectivity index (χ1) is 15.0. The van der Waals surface area contributed by atoms with Crippen LogP contribution in [0.25, 0.3) is 17.0 Å². The van der Waals surface area contributed by atoms with Gasteiger partial charge in [0.1, 0.15) is 0 Å². The van der Waals surface area contributed by atoms with Crippen molar-refractivity contribution in [3.63, 3.8) is 0 Å². The smallest absolute Gasteiger partial charge is 0.331 e. The molecule has 4 rings (SSSR count). The molecule has 2 heterocycles. The van der Waals surface area contributed by atoms with Gasteiger partial charge < -0.3 is 15.0 Å². The number of nitrogens with one attached hydrogen (secondary N) is 1. The topological polar surface area (TPSA) is 88.6 Å². The zero-order valence-corrected chi connectivity index (χ0v) is 16.9. The van der Waals surface area contributed by atoms with E-state index in [-0.39, 0.29) is 18.4 Å². The molecule has 0 aliphatic carbocycles. The minimum absolute atomic E-state index is 0.155. The van der Waals surface area contributed by atoms with Gasteiger partial charge in [-0.2, -0.15) is 0 Å². The minimum atomic E-state index is -0.645. The summed E-state index contributed by atoms with van der Waals surface area (Å²) in [7, 11) is 0. The number of amides is 2. The molecule has 0 bridgehead atoms. The lowest BCUT2D eigenvalue weighted by Crippen LogP contribution is -2.41. The highest BCUT2D eigenvalue weighted by Crippen LogP contribution is 2.31. The quantitative estimate of drug-likeness (QED) is 0.520. The van der Waals surface area contributed by atoms with E-state index in [1.165, 1.54) is 11.0 Å². The summed E-state index contributed by atoms with van der Waals surface area (Å²) in [6.07, 6.45) is 2.95. The van der Waals surface area contributed by atoms with Crippen LogP contribution in [0.15, 0.2) is 66.7 Å². The van der Waals surface area contributed by atoms with E-state index in [4.69, 9.17) is 4.74 Å². The Labute approximate surface area is 179 Å². The number of aromatic nitrogens is 1.